The van der Waals surface area contributed by atoms with Crippen LogP contribution in [0.5, 0.6) is 11.6 Å². The van der Waals surface area contributed by atoms with Gasteiger partial charge in [-0.2, -0.15) is 13.2 Å². The number of carbonyl (C=O) groups is 2. The van der Waals surface area contributed by atoms with E-state index in [0.717, 1.165) is 44.3 Å². The Morgan fingerprint density at radius 3 is 2.26 bits per heavy atom. The van der Waals surface area contributed by atoms with Crippen molar-refractivity contribution < 1.29 is 41.4 Å². The molecular weight excluding hydrogens is 580 g/mol. The molecule has 0 aliphatic heterocycles. The fourth-order valence-corrected chi connectivity index (χ4v) is 5.94. The van der Waals surface area contributed by atoms with Gasteiger partial charge in [0.15, 0.2) is 11.6 Å². The Kier molecular flexibility index (Phi) is 10.4. The molecule has 12 heteroatoms. The predicted molar refractivity (Wildman–Crippen MR) is 148 cm³/mol. The fourth-order valence-electron chi connectivity index (χ4n) is 5.79. The average Bonchev–Trinajstić information content (AvgIpc) is 2.98. The summed E-state index contributed by atoms with van der Waals surface area (Å²) in [4.78, 5) is 32.3. The summed E-state index contributed by atoms with van der Waals surface area (Å²) < 4.78 is 72.8. The molecule has 0 atom stereocenters. The van der Waals surface area contributed by atoms with E-state index in [-0.39, 0.29) is 46.7 Å². The number of esters is 1. The number of carbonyl (C=O) groups excluding carboxylic acids is 2. The highest BCUT2D eigenvalue weighted by molar-refractivity contribution is 6.17. The number of benzene rings is 1. The van der Waals surface area contributed by atoms with Gasteiger partial charge in [-0.25, -0.2) is 14.2 Å². The smallest absolute Gasteiger partial charge is 0.421 e. The number of halogens is 5. The number of aromatic nitrogens is 1. The molecule has 2 fully saturated rings. The predicted octanol–water partition coefficient (Wildman–Crippen LogP) is 7.67. The first-order valence-electron chi connectivity index (χ1n) is 14.0. The van der Waals surface area contributed by atoms with Crippen molar-refractivity contribution in [3.05, 3.63) is 46.9 Å². The second-order valence-corrected chi connectivity index (χ2v) is 11.3. The maximum Gasteiger partial charge on any atom is 0.421 e. The highest BCUT2D eigenvalue weighted by atomic mass is 35.5. The largest absolute Gasteiger partial charge is 0.465 e. The molecule has 42 heavy (non-hydrogen) atoms. The zero-order valence-corrected chi connectivity index (χ0v) is 24.6. The topological polar surface area (TPSA) is 78.0 Å². The Morgan fingerprint density at radius 2 is 1.69 bits per heavy atom. The monoisotopic (exact) mass is 614 g/mol. The van der Waals surface area contributed by atoms with Gasteiger partial charge < -0.3 is 19.1 Å². The summed E-state index contributed by atoms with van der Waals surface area (Å²) in [5, 5.41) is 0. The minimum absolute atomic E-state index is 0.00215. The van der Waals surface area contributed by atoms with Crippen molar-refractivity contribution in [2.45, 2.75) is 82.5 Å². The second-order valence-electron chi connectivity index (χ2n) is 11.1. The quantitative estimate of drug-likeness (QED) is 0.172. The van der Waals surface area contributed by atoms with Gasteiger partial charge in [0.25, 0.3) is 0 Å². The van der Waals surface area contributed by atoms with E-state index in [1.165, 1.54) is 4.90 Å². The van der Waals surface area contributed by atoms with Crippen LogP contribution in [0.3, 0.4) is 0 Å². The fraction of sp³-hybridized carbons (Fsp3) is 0.567. The van der Waals surface area contributed by atoms with E-state index in [1.807, 2.05) is 0 Å². The van der Waals surface area contributed by atoms with Crippen molar-refractivity contribution in [3.63, 3.8) is 0 Å². The van der Waals surface area contributed by atoms with Gasteiger partial charge >= 0.3 is 12.1 Å². The third-order valence-corrected chi connectivity index (χ3v) is 8.54. The van der Waals surface area contributed by atoms with Gasteiger partial charge in [-0.1, -0.05) is 6.92 Å². The number of pyridine rings is 1. The lowest BCUT2D eigenvalue weighted by atomic mass is 9.81. The molecule has 1 aromatic carbocycles. The van der Waals surface area contributed by atoms with Crippen molar-refractivity contribution >= 4 is 29.2 Å². The highest BCUT2D eigenvalue weighted by Crippen LogP contribution is 2.41. The van der Waals surface area contributed by atoms with Crippen LogP contribution in [0.25, 0.3) is 0 Å². The Bertz CT molecular complexity index is 1280. The van der Waals surface area contributed by atoms with Crippen LogP contribution >= 0.6 is 11.6 Å². The average molecular weight is 615 g/mol. The minimum atomic E-state index is -4.87. The lowest BCUT2D eigenvalue weighted by molar-refractivity contribution is -0.139. The zero-order chi connectivity index (χ0) is 30.6. The van der Waals surface area contributed by atoms with Crippen molar-refractivity contribution in [3.8, 4) is 11.6 Å². The summed E-state index contributed by atoms with van der Waals surface area (Å²) in [7, 11) is 2.76. The molecular formula is C30H35ClF4N2O5. The Labute approximate surface area is 247 Å². The molecule has 1 heterocycles. The Hall–Kier alpha value is -2.92. The van der Waals surface area contributed by atoms with Gasteiger partial charge in [-0.3, -0.25) is 4.79 Å². The van der Waals surface area contributed by atoms with E-state index in [9.17, 15) is 22.8 Å². The van der Waals surface area contributed by atoms with Crippen LogP contribution in [-0.4, -0.2) is 43.2 Å². The molecule has 2 aromatic rings. The number of hydrogen-bond donors (Lipinski definition) is 0. The number of hydrogen-bond acceptors (Lipinski definition) is 6. The minimum Gasteiger partial charge on any atom is -0.465 e. The van der Waals surface area contributed by atoms with Crippen LogP contribution in [-0.2, 0) is 26.3 Å². The summed E-state index contributed by atoms with van der Waals surface area (Å²) in [5.41, 5.74) is -1.36. The van der Waals surface area contributed by atoms with E-state index in [4.69, 9.17) is 25.8 Å². The Morgan fingerprint density at radius 1 is 1.02 bits per heavy atom. The number of rotatable bonds is 8. The molecule has 0 spiro atoms. The van der Waals surface area contributed by atoms with Crippen molar-refractivity contribution in [2.75, 3.05) is 19.1 Å². The van der Waals surface area contributed by atoms with Crippen LogP contribution < -0.4 is 9.64 Å². The van der Waals surface area contributed by atoms with E-state index in [0.29, 0.717) is 44.4 Å². The van der Waals surface area contributed by atoms with E-state index >= 15 is 4.39 Å². The number of nitrogens with zero attached hydrogens (tertiary/aromatic N) is 2. The number of ether oxygens (including phenoxy) is 3. The van der Waals surface area contributed by atoms with Crippen molar-refractivity contribution in [2.24, 2.45) is 11.8 Å². The molecule has 0 N–H and O–H groups in total. The number of alkyl halides is 4. The molecule has 4 rings (SSSR count). The molecule has 1 amide bonds. The molecule has 0 unspecified atom stereocenters. The SMILES string of the molecule is COC(=O)c1cc(Oc2ncc(CCl)cc2C(F)(F)F)c(F)cc1N(C(=O)C1CCC(C)CC1)C1CCC(OC)CC1. The normalized spacial score (nSPS) is 22.9. The molecule has 7 nitrogen and oxygen atoms in total. The lowest BCUT2D eigenvalue weighted by Crippen LogP contribution is -2.47. The maximum atomic E-state index is 15.7. The molecule has 230 valence electrons. The van der Waals surface area contributed by atoms with Crippen LogP contribution in [0.2, 0.25) is 0 Å². The zero-order valence-electron chi connectivity index (χ0n) is 23.8. The highest BCUT2D eigenvalue weighted by Gasteiger charge is 2.39. The van der Waals surface area contributed by atoms with E-state index in [2.05, 4.69) is 11.9 Å². The summed E-state index contributed by atoms with van der Waals surface area (Å²) in [5.74, 6) is -3.76. The first kappa shape index (κ1) is 32.0. The molecule has 2 aliphatic rings. The summed E-state index contributed by atoms with van der Waals surface area (Å²) >= 11 is 5.68. The van der Waals surface area contributed by atoms with Crippen LogP contribution in [0.1, 0.15) is 79.8 Å². The van der Waals surface area contributed by atoms with Crippen LogP contribution in [0.4, 0.5) is 23.2 Å². The van der Waals surface area contributed by atoms with Gasteiger partial charge in [-0.15, -0.1) is 11.6 Å². The van der Waals surface area contributed by atoms with E-state index in [1.54, 1.807) is 7.11 Å². The van der Waals surface area contributed by atoms with Gasteiger partial charge in [0, 0.05) is 43.3 Å². The summed E-state index contributed by atoms with van der Waals surface area (Å²) in [6, 6.07) is 2.37. The summed E-state index contributed by atoms with van der Waals surface area (Å²) in [6.07, 6.45) is 1.84. The van der Waals surface area contributed by atoms with Gasteiger partial charge in [0.1, 0.15) is 5.56 Å². The number of amides is 1. The molecule has 1 aromatic heterocycles. The molecule has 0 bridgehead atoms. The first-order chi connectivity index (χ1) is 20.0. The number of methoxy groups -OCH3 is 2. The third-order valence-electron chi connectivity index (χ3n) is 8.23. The van der Waals surface area contributed by atoms with Crippen LogP contribution in [0, 0.1) is 17.7 Å². The van der Waals surface area contributed by atoms with Crippen molar-refractivity contribution in [1.82, 2.24) is 4.98 Å². The lowest BCUT2D eigenvalue weighted by Gasteiger charge is -2.40. The molecule has 0 saturated heterocycles. The standard InChI is InChI=1S/C30H35ClF4N2O5/c1-17-4-6-19(7-5-17)28(38)37(20-8-10-21(40-2)11-9-20)25-14-24(32)26(13-22(25)29(39)41-3)42-27-23(30(33,34)35)12-18(15-31)16-36-27/h12-14,16-17,19-21H,4-11,15H2,1-3H3. The third kappa shape index (κ3) is 7.16. The van der Waals surface area contributed by atoms with Gasteiger partial charge in [0.05, 0.1) is 24.5 Å². The van der Waals surface area contributed by atoms with Crippen LogP contribution in [0.15, 0.2) is 24.4 Å². The molecule has 0 radical (unpaired) electrons. The Balaban J connectivity index is 1.78. The first-order valence-corrected chi connectivity index (χ1v) is 14.6. The maximum absolute atomic E-state index is 15.7. The van der Waals surface area contributed by atoms with Crippen molar-refractivity contribution in [1.29, 1.82) is 0 Å². The van der Waals surface area contributed by atoms with Gasteiger partial charge in [0.2, 0.25) is 11.8 Å². The summed E-state index contributed by atoms with van der Waals surface area (Å²) in [6.45, 7) is 2.14. The van der Waals surface area contributed by atoms with E-state index < -0.39 is 35.2 Å². The number of anilines is 1. The van der Waals surface area contributed by atoms with Gasteiger partial charge in [-0.05, 0) is 68.9 Å². The second kappa shape index (κ2) is 13.6. The molecule has 2 aliphatic carbocycles. The molecule has 2 saturated carbocycles.